The van der Waals surface area contributed by atoms with E-state index in [9.17, 15) is 14.0 Å². The number of rotatable bonds is 5. The van der Waals surface area contributed by atoms with E-state index in [0.29, 0.717) is 16.0 Å². The van der Waals surface area contributed by atoms with Crippen LogP contribution in [0, 0.1) is 5.82 Å². The summed E-state index contributed by atoms with van der Waals surface area (Å²) < 4.78 is 13.7. The zero-order valence-electron chi connectivity index (χ0n) is 13.1. The maximum Gasteiger partial charge on any atom is 0.177 e. The number of thiophene rings is 1. The maximum atomic E-state index is 13.7. The predicted molar refractivity (Wildman–Crippen MR) is 94.2 cm³/mol. The average molecular weight is 338 g/mol. The van der Waals surface area contributed by atoms with Crippen molar-refractivity contribution < 1.29 is 14.0 Å². The van der Waals surface area contributed by atoms with Gasteiger partial charge < -0.3 is 0 Å². The molecule has 0 aliphatic carbocycles. The first-order valence-corrected chi connectivity index (χ1v) is 8.34. The van der Waals surface area contributed by atoms with Crippen LogP contribution in [0.1, 0.15) is 32.5 Å². The topological polar surface area (TPSA) is 34.1 Å². The van der Waals surface area contributed by atoms with E-state index in [1.54, 1.807) is 36.4 Å². The molecule has 0 atom stereocenters. The van der Waals surface area contributed by atoms with Gasteiger partial charge >= 0.3 is 0 Å². The van der Waals surface area contributed by atoms with Crippen molar-refractivity contribution in [2.24, 2.45) is 0 Å². The van der Waals surface area contributed by atoms with Crippen molar-refractivity contribution in [3.8, 4) is 10.4 Å². The molecule has 2 aromatic carbocycles. The number of carbonyl (C=O) groups is 2. The fourth-order valence-corrected chi connectivity index (χ4v) is 3.36. The fourth-order valence-electron chi connectivity index (χ4n) is 2.41. The molecule has 2 nitrogen and oxygen atoms in total. The molecule has 3 aromatic rings. The highest BCUT2D eigenvalue weighted by Crippen LogP contribution is 2.29. The number of benzene rings is 2. The van der Waals surface area contributed by atoms with Crippen molar-refractivity contribution in [2.45, 2.75) is 13.3 Å². The van der Waals surface area contributed by atoms with Crippen LogP contribution in [-0.4, -0.2) is 11.6 Å². The Bertz CT molecular complexity index is 894. The molecular weight excluding hydrogens is 323 g/mol. The van der Waals surface area contributed by atoms with Crippen molar-refractivity contribution in [2.75, 3.05) is 0 Å². The zero-order chi connectivity index (χ0) is 17.1. The Kier molecular flexibility index (Phi) is 4.67. The van der Waals surface area contributed by atoms with Crippen LogP contribution in [0.3, 0.4) is 0 Å². The van der Waals surface area contributed by atoms with Crippen molar-refractivity contribution in [1.29, 1.82) is 0 Å². The van der Waals surface area contributed by atoms with Crippen molar-refractivity contribution in [3.63, 3.8) is 0 Å². The van der Waals surface area contributed by atoms with Crippen LogP contribution in [0.15, 0.2) is 60.7 Å². The summed E-state index contributed by atoms with van der Waals surface area (Å²) in [7, 11) is 0. The van der Waals surface area contributed by atoms with Gasteiger partial charge in [0.2, 0.25) is 0 Å². The summed E-state index contributed by atoms with van der Waals surface area (Å²) in [6.45, 7) is 1.53. The van der Waals surface area contributed by atoms with Crippen molar-refractivity contribution in [3.05, 3.63) is 82.5 Å². The molecule has 0 unspecified atom stereocenters. The van der Waals surface area contributed by atoms with E-state index in [-0.39, 0.29) is 23.8 Å². The minimum Gasteiger partial charge on any atom is -0.295 e. The van der Waals surface area contributed by atoms with E-state index in [2.05, 4.69) is 0 Å². The summed E-state index contributed by atoms with van der Waals surface area (Å²) in [6.07, 6.45) is 0.0515. The first-order chi connectivity index (χ1) is 11.5. The number of hydrogen-bond acceptors (Lipinski definition) is 3. The third-order valence-electron chi connectivity index (χ3n) is 3.77. The largest absolute Gasteiger partial charge is 0.295 e. The van der Waals surface area contributed by atoms with Crippen LogP contribution in [0.4, 0.5) is 4.39 Å². The molecule has 3 rings (SSSR count). The molecule has 120 valence electrons. The Morgan fingerprint density at radius 2 is 1.67 bits per heavy atom. The summed E-state index contributed by atoms with van der Waals surface area (Å²) in [4.78, 5) is 25.2. The predicted octanol–water partition coefficient (Wildman–Crippen LogP) is 5.18. The minimum atomic E-state index is -0.359. The molecule has 0 radical (unpaired) electrons. The molecule has 0 saturated heterocycles. The van der Waals surface area contributed by atoms with E-state index in [4.69, 9.17) is 0 Å². The van der Waals surface area contributed by atoms with E-state index in [1.807, 2.05) is 18.2 Å². The molecule has 0 aliphatic heterocycles. The Morgan fingerprint density at radius 3 is 2.33 bits per heavy atom. The van der Waals surface area contributed by atoms with E-state index >= 15 is 0 Å². The van der Waals surface area contributed by atoms with E-state index in [1.165, 1.54) is 24.3 Å². The maximum absolute atomic E-state index is 13.7. The van der Waals surface area contributed by atoms with Crippen molar-refractivity contribution >= 4 is 22.9 Å². The van der Waals surface area contributed by atoms with Gasteiger partial charge in [0.25, 0.3) is 0 Å². The minimum absolute atomic E-state index is 0.0217. The van der Waals surface area contributed by atoms with Crippen LogP contribution in [0.2, 0.25) is 0 Å². The number of halogens is 1. The summed E-state index contributed by atoms with van der Waals surface area (Å²) in [6, 6.07) is 17.3. The second-order valence-corrected chi connectivity index (χ2v) is 6.57. The number of carbonyl (C=O) groups excluding carboxylic acids is 2. The van der Waals surface area contributed by atoms with Gasteiger partial charge in [-0.2, -0.15) is 0 Å². The van der Waals surface area contributed by atoms with Crippen LogP contribution in [0.25, 0.3) is 10.4 Å². The van der Waals surface area contributed by atoms with Gasteiger partial charge in [-0.1, -0.05) is 42.5 Å². The van der Waals surface area contributed by atoms with Crippen LogP contribution in [0.5, 0.6) is 0 Å². The number of hydrogen-bond donors (Lipinski definition) is 0. The Morgan fingerprint density at radius 1 is 0.958 bits per heavy atom. The molecular formula is C20H15FO2S. The molecule has 0 N–H and O–H groups in total. The van der Waals surface area contributed by atoms with Gasteiger partial charge in [0.05, 0.1) is 4.88 Å². The van der Waals surface area contributed by atoms with Crippen LogP contribution < -0.4 is 0 Å². The van der Waals surface area contributed by atoms with Gasteiger partial charge in [-0.25, -0.2) is 4.39 Å². The van der Waals surface area contributed by atoms with Gasteiger partial charge in [0.1, 0.15) is 5.82 Å². The van der Waals surface area contributed by atoms with Gasteiger partial charge in [0.15, 0.2) is 11.6 Å². The average Bonchev–Trinajstić information content (AvgIpc) is 3.07. The molecule has 0 bridgehead atoms. The third kappa shape index (κ3) is 3.49. The highest BCUT2D eigenvalue weighted by molar-refractivity contribution is 7.17. The second-order valence-electron chi connectivity index (χ2n) is 5.49. The Labute approximate surface area is 143 Å². The third-order valence-corrected chi connectivity index (χ3v) is 4.94. The SMILES string of the molecule is CC(=O)c1ccc(-c2ccc(C(=O)Cc3ccccc3F)s2)cc1. The van der Waals surface area contributed by atoms with Crippen molar-refractivity contribution in [1.82, 2.24) is 0 Å². The lowest BCUT2D eigenvalue weighted by atomic mass is 10.1. The quantitative estimate of drug-likeness (QED) is 0.601. The molecule has 24 heavy (non-hydrogen) atoms. The van der Waals surface area contributed by atoms with E-state index < -0.39 is 0 Å². The molecule has 4 heteroatoms. The zero-order valence-corrected chi connectivity index (χ0v) is 13.9. The van der Waals surface area contributed by atoms with Crippen LogP contribution >= 0.6 is 11.3 Å². The number of Topliss-reactive ketones (excluding diaryl/α,β-unsaturated/α-hetero) is 2. The van der Waals surface area contributed by atoms with Crippen LogP contribution in [-0.2, 0) is 6.42 Å². The first kappa shape index (κ1) is 16.3. The van der Waals surface area contributed by atoms with Gasteiger partial charge in [-0.05, 0) is 36.2 Å². The second kappa shape index (κ2) is 6.89. The molecule has 0 spiro atoms. The van der Waals surface area contributed by atoms with Gasteiger partial charge in [-0.15, -0.1) is 11.3 Å². The number of ketones is 2. The lowest BCUT2D eigenvalue weighted by Crippen LogP contribution is -2.02. The smallest absolute Gasteiger partial charge is 0.177 e. The summed E-state index contributed by atoms with van der Waals surface area (Å²) in [5.74, 6) is -0.437. The Balaban J connectivity index is 1.78. The molecule has 0 fully saturated rings. The molecule has 0 amide bonds. The normalized spacial score (nSPS) is 10.6. The van der Waals surface area contributed by atoms with Gasteiger partial charge in [0, 0.05) is 16.9 Å². The standard InChI is InChI=1S/C20H15FO2S/c1-13(22)14-6-8-15(9-7-14)19-10-11-20(24-19)18(23)12-16-4-2-3-5-17(16)21/h2-11H,12H2,1H3. The Hall–Kier alpha value is -2.59. The summed E-state index contributed by atoms with van der Waals surface area (Å²) in [5, 5.41) is 0. The molecule has 0 aliphatic rings. The highest BCUT2D eigenvalue weighted by Gasteiger charge is 2.13. The monoisotopic (exact) mass is 338 g/mol. The van der Waals surface area contributed by atoms with Gasteiger partial charge in [-0.3, -0.25) is 9.59 Å². The molecule has 0 saturated carbocycles. The highest BCUT2D eigenvalue weighted by atomic mass is 32.1. The lowest BCUT2D eigenvalue weighted by molar-refractivity contribution is 0.0992. The van der Waals surface area contributed by atoms with E-state index in [0.717, 1.165) is 10.4 Å². The first-order valence-electron chi connectivity index (χ1n) is 7.52. The lowest BCUT2D eigenvalue weighted by Gasteiger charge is -2.01. The summed E-state index contributed by atoms with van der Waals surface area (Å²) >= 11 is 1.38. The molecule has 1 aromatic heterocycles. The molecule has 1 heterocycles. The fraction of sp³-hybridized carbons (Fsp3) is 0.100. The summed E-state index contributed by atoms with van der Waals surface area (Å²) in [5.41, 5.74) is 2.02.